The van der Waals surface area contributed by atoms with E-state index in [0.29, 0.717) is 18.7 Å². The zero-order valence-electron chi connectivity index (χ0n) is 11.5. The molecule has 0 unspecified atom stereocenters. The van der Waals surface area contributed by atoms with Crippen molar-refractivity contribution in [2.24, 2.45) is 0 Å². The molecule has 1 amide bonds. The molecule has 0 aliphatic rings. The van der Waals surface area contributed by atoms with Gasteiger partial charge in [0, 0.05) is 6.54 Å². The zero-order valence-corrected chi connectivity index (χ0v) is 11.5. The second-order valence-electron chi connectivity index (χ2n) is 4.43. The van der Waals surface area contributed by atoms with Crippen LogP contribution in [0.5, 0.6) is 11.5 Å². The van der Waals surface area contributed by atoms with E-state index in [1.54, 1.807) is 24.3 Å². The summed E-state index contributed by atoms with van der Waals surface area (Å²) >= 11 is 0. The lowest BCUT2D eigenvalue weighted by Crippen LogP contribution is -2.23. The Balaban J connectivity index is 1.97. The van der Waals surface area contributed by atoms with Crippen LogP contribution in [0.4, 0.5) is 4.39 Å². The fourth-order valence-corrected chi connectivity index (χ4v) is 1.80. The van der Waals surface area contributed by atoms with E-state index in [2.05, 4.69) is 11.9 Å². The van der Waals surface area contributed by atoms with Crippen molar-refractivity contribution in [3.05, 3.63) is 72.6 Å². The summed E-state index contributed by atoms with van der Waals surface area (Å²) in [4.78, 5) is 11.0. The van der Waals surface area contributed by atoms with Gasteiger partial charge in [-0.15, -0.1) is 0 Å². The highest BCUT2D eigenvalue weighted by Crippen LogP contribution is 2.24. The van der Waals surface area contributed by atoms with Crippen LogP contribution < -0.4 is 10.1 Å². The van der Waals surface area contributed by atoms with Crippen LogP contribution in [-0.2, 0) is 11.2 Å². The van der Waals surface area contributed by atoms with Crippen molar-refractivity contribution in [2.45, 2.75) is 6.42 Å². The first-order valence-corrected chi connectivity index (χ1v) is 6.60. The number of hydrogen-bond acceptors (Lipinski definition) is 2. The molecule has 0 heterocycles. The maximum absolute atomic E-state index is 14.0. The Labute approximate surface area is 123 Å². The van der Waals surface area contributed by atoms with Crippen molar-refractivity contribution in [3.8, 4) is 11.5 Å². The maximum Gasteiger partial charge on any atom is 0.243 e. The number of benzene rings is 2. The molecular formula is C17H16FNO2. The van der Waals surface area contributed by atoms with Crippen molar-refractivity contribution in [3.63, 3.8) is 0 Å². The van der Waals surface area contributed by atoms with E-state index < -0.39 is 5.82 Å². The number of ether oxygens (including phenoxy) is 1. The molecule has 0 aliphatic carbocycles. The number of para-hydroxylation sites is 1. The van der Waals surface area contributed by atoms with E-state index in [-0.39, 0.29) is 11.7 Å². The third kappa shape index (κ3) is 4.45. The van der Waals surface area contributed by atoms with Crippen LogP contribution in [-0.4, -0.2) is 12.5 Å². The first-order valence-electron chi connectivity index (χ1n) is 6.60. The molecule has 1 N–H and O–H groups in total. The van der Waals surface area contributed by atoms with Crippen molar-refractivity contribution < 1.29 is 13.9 Å². The predicted molar refractivity (Wildman–Crippen MR) is 79.8 cm³/mol. The van der Waals surface area contributed by atoms with Crippen LogP contribution in [0.1, 0.15) is 5.56 Å². The van der Waals surface area contributed by atoms with Gasteiger partial charge in [-0.25, -0.2) is 4.39 Å². The molecule has 0 fully saturated rings. The smallest absolute Gasteiger partial charge is 0.243 e. The van der Waals surface area contributed by atoms with Crippen molar-refractivity contribution in [1.82, 2.24) is 5.32 Å². The van der Waals surface area contributed by atoms with Gasteiger partial charge in [0.1, 0.15) is 5.75 Å². The summed E-state index contributed by atoms with van der Waals surface area (Å²) in [7, 11) is 0. The first kappa shape index (κ1) is 14.8. The van der Waals surface area contributed by atoms with Gasteiger partial charge in [-0.2, -0.15) is 0 Å². The Morgan fingerprint density at radius 3 is 2.67 bits per heavy atom. The number of nitrogens with one attached hydrogen (secondary N) is 1. The number of rotatable bonds is 6. The Bertz CT molecular complexity index is 626. The Morgan fingerprint density at radius 2 is 2.00 bits per heavy atom. The minimum Gasteiger partial charge on any atom is -0.454 e. The number of carbonyl (C=O) groups is 1. The van der Waals surface area contributed by atoms with Crippen molar-refractivity contribution in [1.29, 1.82) is 0 Å². The van der Waals surface area contributed by atoms with Crippen molar-refractivity contribution >= 4 is 5.91 Å². The average molecular weight is 285 g/mol. The van der Waals surface area contributed by atoms with Gasteiger partial charge in [-0.1, -0.05) is 30.8 Å². The van der Waals surface area contributed by atoms with Gasteiger partial charge in [0.15, 0.2) is 11.6 Å². The number of hydrogen-bond donors (Lipinski definition) is 1. The third-order valence-corrected chi connectivity index (χ3v) is 2.87. The van der Waals surface area contributed by atoms with E-state index >= 15 is 0 Å². The normalized spacial score (nSPS) is 9.95. The minimum atomic E-state index is -0.425. The van der Waals surface area contributed by atoms with Crippen LogP contribution in [0.3, 0.4) is 0 Å². The van der Waals surface area contributed by atoms with Gasteiger partial charge < -0.3 is 10.1 Å². The molecule has 108 valence electrons. The fourth-order valence-electron chi connectivity index (χ4n) is 1.80. The van der Waals surface area contributed by atoms with Crippen LogP contribution in [0.15, 0.2) is 61.2 Å². The highest BCUT2D eigenvalue weighted by Gasteiger charge is 2.06. The van der Waals surface area contributed by atoms with Gasteiger partial charge >= 0.3 is 0 Å². The van der Waals surface area contributed by atoms with E-state index in [4.69, 9.17) is 4.74 Å². The highest BCUT2D eigenvalue weighted by atomic mass is 19.1. The Kier molecular flexibility index (Phi) is 5.10. The average Bonchev–Trinajstić information content (AvgIpc) is 2.51. The summed E-state index contributed by atoms with van der Waals surface area (Å²) < 4.78 is 19.4. The van der Waals surface area contributed by atoms with E-state index in [0.717, 1.165) is 5.56 Å². The number of carbonyl (C=O) groups excluding carboxylic acids is 1. The van der Waals surface area contributed by atoms with E-state index in [9.17, 15) is 9.18 Å². The lowest BCUT2D eigenvalue weighted by atomic mass is 10.1. The highest BCUT2D eigenvalue weighted by molar-refractivity contribution is 5.86. The van der Waals surface area contributed by atoms with Crippen LogP contribution >= 0.6 is 0 Å². The lowest BCUT2D eigenvalue weighted by Gasteiger charge is -2.08. The number of amides is 1. The molecule has 2 aromatic rings. The Morgan fingerprint density at radius 1 is 1.24 bits per heavy atom. The van der Waals surface area contributed by atoms with Crippen LogP contribution in [0.2, 0.25) is 0 Å². The second-order valence-corrected chi connectivity index (χ2v) is 4.43. The monoisotopic (exact) mass is 285 g/mol. The molecule has 0 saturated carbocycles. The molecule has 0 radical (unpaired) electrons. The quantitative estimate of drug-likeness (QED) is 0.825. The third-order valence-electron chi connectivity index (χ3n) is 2.87. The second kappa shape index (κ2) is 7.24. The largest absolute Gasteiger partial charge is 0.454 e. The molecule has 2 aromatic carbocycles. The predicted octanol–water partition coefficient (Wildman–Crippen LogP) is 3.46. The summed E-state index contributed by atoms with van der Waals surface area (Å²) in [5.41, 5.74) is 0.789. The minimum absolute atomic E-state index is 0.181. The molecule has 0 bridgehead atoms. The van der Waals surface area contributed by atoms with E-state index in [1.807, 2.05) is 18.2 Å². The van der Waals surface area contributed by atoms with Crippen molar-refractivity contribution in [2.75, 3.05) is 6.54 Å². The Hall–Kier alpha value is -2.62. The molecule has 0 spiro atoms. The molecule has 0 aliphatic heterocycles. The summed E-state index contributed by atoms with van der Waals surface area (Å²) in [6.45, 7) is 3.80. The number of halogens is 1. The summed E-state index contributed by atoms with van der Waals surface area (Å²) in [5.74, 6) is 0.105. The van der Waals surface area contributed by atoms with Crippen LogP contribution in [0, 0.1) is 5.82 Å². The van der Waals surface area contributed by atoms with Gasteiger partial charge in [0.05, 0.1) is 0 Å². The summed E-state index contributed by atoms with van der Waals surface area (Å²) in [6, 6.07) is 13.8. The molecule has 0 atom stereocenters. The standard InChI is InChI=1S/C17H16FNO2/c1-2-17(20)19-11-10-13-8-9-16(15(18)12-13)21-14-6-4-3-5-7-14/h2-9,12H,1,10-11H2,(H,19,20). The molecular weight excluding hydrogens is 269 g/mol. The molecule has 0 saturated heterocycles. The van der Waals surface area contributed by atoms with Gasteiger partial charge in [-0.3, -0.25) is 4.79 Å². The zero-order chi connectivity index (χ0) is 15.1. The molecule has 0 aromatic heterocycles. The summed E-state index contributed by atoms with van der Waals surface area (Å²) in [6.07, 6.45) is 1.75. The summed E-state index contributed by atoms with van der Waals surface area (Å²) in [5, 5.41) is 2.64. The van der Waals surface area contributed by atoms with Gasteiger partial charge in [0.25, 0.3) is 0 Å². The van der Waals surface area contributed by atoms with E-state index in [1.165, 1.54) is 12.1 Å². The first-order chi connectivity index (χ1) is 10.2. The molecule has 2 rings (SSSR count). The topological polar surface area (TPSA) is 38.3 Å². The maximum atomic E-state index is 14.0. The SMILES string of the molecule is C=CC(=O)NCCc1ccc(Oc2ccccc2)c(F)c1. The van der Waals surface area contributed by atoms with Gasteiger partial charge in [0.2, 0.25) is 5.91 Å². The van der Waals surface area contributed by atoms with Gasteiger partial charge in [-0.05, 0) is 42.3 Å². The van der Waals surface area contributed by atoms with Crippen LogP contribution in [0.25, 0.3) is 0 Å². The molecule has 21 heavy (non-hydrogen) atoms. The molecule has 3 nitrogen and oxygen atoms in total. The lowest BCUT2D eigenvalue weighted by molar-refractivity contribution is -0.116. The fraction of sp³-hybridized carbons (Fsp3) is 0.118. The molecule has 4 heteroatoms.